The van der Waals surface area contributed by atoms with Crippen LogP contribution in [0.25, 0.3) is 0 Å². The highest BCUT2D eigenvalue weighted by molar-refractivity contribution is 5.45. The van der Waals surface area contributed by atoms with Gasteiger partial charge in [-0.25, -0.2) is 4.98 Å². The highest BCUT2D eigenvalue weighted by Gasteiger charge is 2.26. The Labute approximate surface area is 116 Å². The number of hydrogen-bond donors (Lipinski definition) is 1. The quantitative estimate of drug-likeness (QED) is 0.819. The van der Waals surface area contributed by atoms with Crippen LogP contribution in [0.1, 0.15) is 45.7 Å². The Morgan fingerprint density at radius 3 is 2.68 bits per heavy atom. The van der Waals surface area contributed by atoms with Crippen LogP contribution in [0.5, 0.6) is 0 Å². The molecular weight excluding hydrogens is 236 g/mol. The summed E-state index contributed by atoms with van der Waals surface area (Å²) in [5.74, 6) is 2.69. The molecule has 2 rings (SSSR count). The monoisotopic (exact) mass is 262 g/mol. The van der Waals surface area contributed by atoms with Gasteiger partial charge in [0.25, 0.3) is 0 Å². The number of nitrogens with zero attached hydrogens (tertiary/aromatic N) is 3. The first-order valence-corrected chi connectivity index (χ1v) is 7.46. The molecule has 1 N–H and O–H groups in total. The predicted octanol–water partition coefficient (Wildman–Crippen LogP) is 3.23. The van der Waals surface area contributed by atoms with Crippen molar-refractivity contribution in [2.45, 2.75) is 53.0 Å². The smallest absolute Gasteiger partial charge is 0.224 e. The van der Waals surface area contributed by atoms with Crippen molar-refractivity contribution in [3.63, 3.8) is 0 Å². The highest BCUT2D eigenvalue weighted by Crippen LogP contribution is 2.32. The first-order valence-electron chi connectivity index (χ1n) is 7.46. The molecule has 1 aromatic rings. The van der Waals surface area contributed by atoms with Crippen molar-refractivity contribution < 1.29 is 0 Å². The zero-order valence-electron chi connectivity index (χ0n) is 12.6. The number of rotatable bonds is 7. The first kappa shape index (κ1) is 14.1. The summed E-state index contributed by atoms with van der Waals surface area (Å²) in [6.07, 6.45) is 3.82. The van der Waals surface area contributed by atoms with Gasteiger partial charge in [-0.15, -0.1) is 0 Å². The van der Waals surface area contributed by atoms with Gasteiger partial charge < -0.3 is 10.2 Å². The largest absolute Gasteiger partial charge is 0.354 e. The van der Waals surface area contributed by atoms with Gasteiger partial charge in [-0.1, -0.05) is 6.92 Å². The molecule has 0 radical (unpaired) electrons. The molecule has 0 spiro atoms. The zero-order chi connectivity index (χ0) is 13.8. The average Bonchev–Trinajstić information content (AvgIpc) is 3.16. The van der Waals surface area contributed by atoms with Gasteiger partial charge >= 0.3 is 0 Å². The lowest BCUT2D eigenvalue weighted by atomic mass is 10.2. The van der Waals surface area contributed by atoms with Crippen LogP contribution in [0.3, 0.4) is 0 Å². The molecule has 1 saturated carbocycles. The highest BCUT2D eigenvalue weighted by atomic mass is 15.2. The number of aromatic nitrogens is 2. The lowest BCUT2D eigenvalue weighted by Gasteiger charge is -2.28. The fourth-order valence-corrected chi connectivity index (χ4v) is 2.16. The molecule has 106 valence electrons. The maximum Gasteiger partial charge on any atom is 0.224 e. The molecular formula is C15H26N4. The first-order chi connectivity index (χ1) is 9.10. The van der Waals surface area contributed by atoms with E-state index in [0.717, 1.165) is 42.9 Å². The Kier molecular flexibility index (Phi) is 4.61. The zero-order valence-corrected chi connectivity index (χ0v) is 12.6. The summed E-state index contributed by atoms with van der Waals surface area (Å²) < 4.78 is 0. The summed E-state index contributed by atoms with van der Waals surface area (Å²) in [6, 6.07) is 2.58. The molecule has 1 fully saturated rings. The van der Waals surface area contributed by atoms with Gasteiger partial charge in [-0.3, -0.25) is 0 Å². The van der Waals surface area contributed by atoms with Gasteiger partial charge in [-0.05, 0) is 46.0 Å². The average molecular weight is 262 g/mol. The third kappa shape index (κ3) is 4.08. The lowest BCUT2D eigenvalue weighted by molar-refractivity contribution is 0.635. The van der Waals surface area contributed by atoms with Gasteiger partial charge in [0.2, 0.25) is 5.95 Å². The number of aryl methyl sites for hydroxylation is 1. The minimum Gasteiger partial charge on any atom is -0.354 e. The van der Waals surface area contributed by atoms with Crippen molar-refractivity contribution in [3.05, 3.63) is 11.8 Å². The fraction of sp³-hybridized carbons (Fsp3) is 0.733. The summed E-state index contributed by atoms with van der Waals surface area (Å²) in [5, 5.41) is 3.29. The molecule has 19 heavy (non-hydrogen) atoms. The molecule has 0 amide bonds. The van der Waals surface area contributed by atoms with Crippen molar-refractivity contribution in [2.75, 3.05) is 23.3 Å². The molecule has 0 aromatic carbocycles. The molecule has 1 aromatic heterocycles. The second-order valence-electron chi connectivity index (χ2n) is 5.81. The summed E-state index contributed by atoms with van der Waals surface area (Å²) in [7, 11) is 0. The molecule has 0 atom stereocenters. The van der Waals surface area contributed by atoms with E-state index >= 15 is 0 Å². The van der Waals surface area contributed by atoms with Gasteiger partial charge in [0.15, 0.2) is 0 Å². The van der Waals surface area contributed by atoms with Crippen LogP contribution in [0.15, 0.2) is 6.07 Å². The maximum absolute atomic E-state index is 4.68. The van der Waals surface area contributed by atoms with Crippen molar-refractivity contribution in [3.8, 4) is 0 Å². The van der Waals surface area contributed by atoms with E-state index in [2.05, 4.69) is 47.0 Å². The van der Waals surface area contributed by atoms with E-state index < -0.39 is 0 Å². The summed E-state index contributed by atoms with van der Waals surface area (Å²) >= 11 is 0. The van der Waals surface area contributed by atoms with Crippen LogP contribution in [0, 0.1) is 12.8 Å². The maximum atomic E-state index is 4.68. The van der Waals surface area contributed by atoms with E-state index in [1.807, 2.05) is 6.92 Å². The lowest BCUT2D eigenvalue weighted by Crippen LogP contribution is -2.33. The Bertz CT molecular complexity index is 413. The van der Waals surface area contributed by atoms with Crippen LogP contribution >= 0.6 is 0 Å². The van der Waals surface area contributed by atoms with Gasteiger partial charge in [-0.2, -0.15) is 4.98 Å². The molecule has 0 aliphatic heterocycles. The van der Waals surface area contributed by atoms with Gasteiger partial charge in [0.05, 0.1) is 0 Å². The molecule has 0 saturated heterocycles. The molecule has 0 unspecified atom stereocenters. The van der Waals surface area contributed by atoms with Gasteiger partial charge in [0.1, 0.15) is 5.82 Å². The standard InChI is InChI=1S/C15H26N4/c1-5-8-16-15-17-12(4)9-14(18-15)19(11(2)3)10-13-6-7-13/h9,11,13H,5-8,10H2,1-4H3,(H,16,17,18). The third-order valence-electron chi connectivity index (χ3n) is 3.44. The molecule has 4 heteroatoms. The minimum absolute atomic E-state index is 0.480. The summed E-state index contributed by atoms with van der Waals surface area (Å²) in [4.78, 5) is 11.5. The Hall–Kier alpha value is -1.32. The van der Waals surface area contributed by atoms with Crippen LogP contribution < -0.4 is 10.2 Å². The van der Waals surface area contributed by atoms with Crippen LogP contribution in [-0.4, -0.2) is 29.1 Å². The minimum atomic E-state index is 0.480. The van der Waals surface area contributed by atoms with E-state index in [4.69, 9.17) is 0 Å². The van der Waals surface area contributed by atoms with Crippen LogP contribution in [0.2, 0.25) is 0 Å². The van der Waals surface area contributed by atoms with Crippen molar-refractivity contribution in [1.29, 1.82) is 0 Å². The molecule has 1 heterocycles. The SMILES string of the molecule is CCCNc1nc(C)cc(N(CC2CC2)C(C)C)n1. The number of anilines is 2. The van der Waals surface area contributed by atoms with Crippen LogP contribution in [0.4, 0.5) is 11.8 Å². The molecule has 1 aliphatic carbocycles. The van der Waals surface area contributed by atoms with E-state index in [1.165, 1.54) is 12.8 Å². The predicted molar refractivity (Wildman–Crippen MR) is 80.8 cm³/mol. The normalized spacial score (nSPS) is 14.8. The summed E-state index contributed by atoms with van der Waals surface area (Å²) in [5.41, 5.74) is 1.03. The van der Waals surface area contributed by atoms with Crippen molar-refractivity contribution in [2.24, 2.45) is 5.92 Å². The molecule has 1 aliphatic rings. The van der Waals surface area contributed by atoms with E-state index in [-0.39, 0.29) is 0 Å². The van der Waals surface area contributed by atoms with Crippen molar-refractivity contribution in [1.82, 2.24) is 9.97 Å². The van der Waals surface area contributed by atoms with E-state index in [1.54, 1.807) is 0 Å². The van der Waals surface area contributed by atoms with Gasteiger partial charge in [0, 0.05) is 30.9 Å². The fourth-order valence-electron chi connectivity index (χ4n) is 2.16. The Morgan fingerprint density at radius 1 is 1.37 bits per heavy atom. The second kappa shape index (κ2) is 6.22. The number of nitrogens with one attached hydrogen (secondary N) is 1. The second-order valence-corrected chi connectivity index (χ2v) is 5.81. The van der Waals surface area contributed by atoms with E-state index in [9.17, 15) is 0 Å². The van der Waals surface area contributed by atoms with Crippen LogP contribution in [-0.2, 0) is 0 Å². The number of hydrogen-bond acceptors (Lipinski definition) is 4. The Morgan fingerprint density at radius 2 is 2.11 bits per heavy atom. The third-order valence-corrected chi connectivity index (χ3v) is 3.44. The topological polar surface area (TPSA) is 41.1 Å². The van der Waals surface area contributed by atoms with Crippen molar-refractivity contribution >= 4 is 11.8 Å². The molecule has 4 nitrogen and oxygen atoms in total. The molecule has 0 bridgehead atoms. The Balaban J connectivity index is 2.17. The summed E-state index contributed by atoms with van der Waals surface area (Å²) in [6.45, 7) is 10.7. The van der Waals surface area contributed by atoms with E-state index in [0.29, 0.717) is 6.04 Å².